The third kappa shape index (κ3) is 5.42. The summed E-state index contributed by atoms with van der Waals surface area (Å²) in [5, 5.41) is 9.90. The predicted octanol–water partition coefficient (Wildman–Crippen LogP) is 14.8. The van der Waals surface area contributed by atoms with Crippen molar-refractivity contribution in [2.24, 2.45) is 0 Å². The molecule has 0 saturated heterocycles. The predicted molar refractivity (Wildman–Crippen MR) is 227 cm³/mol. The molecule has 0 atom stereocenters. The summed E-state index contributed by atoms with van der Waals surface area (Å²) in [5.41, 5.74) is 10.6. The molecule has 248 valence electrons. The number of benzene rings is 10. The van der Waals surface area contributed by atoms with Crippen LogP contribution in [0.5, 0.6) is 0 Å². The molecule has 0 fully saturated rings. The number of hydrogen-bond acceptors (Lipinski definition) is 1. The van der Waals surface area contributed by atoms with Gasteiger partial charge in [-0.1, -0.05) is 182 Å². The van der Waals surface area contributed by atoms with Crippen LogP contribution in [-0.2, 0) is 0 Å². The Morgan fingerprint density at radius 2 is 0.736 bits per heavy atom. The van der Waals surface area contributed by atoms with Gasteiger partial charge >= 0.3 is 0 Å². The number of hydrogen-bond donors (Lipinski definition) is 0. The molecule has 0 N–H and O–H groups in total. The van der Waals surface area contributed by atoms with E-state index in [2.05, 4.69) is 217 Å². The minimum atomic E-state index is 1.10. The Morgan fingerprint density at radius 3 is 1.49 bits per heavy atom. The first-order chi connectivity index (χ1) is 26.3. The van der Waals surface area contributed by atoms with Crippen LogP contribution in [0.2, 0.25) is 0 Å². The molecule has 0 aliphatic heterocycles. The van der Waals surface area contributed by atoms with Gasteiger partial charge in [0.05, 0.1) is 5.69 Å². The van der Waals surface area contributed by atoms with Gasteiger partial charge in [-0.25, -0.2) is 0 Å². The Labute approximate surface area is 309 Å². The van der Waals surface area contributed by atoms with Crippen LogP contribution in [0.4, 0.5) is 17.1 Å². The van der Waals surface area contributed by atoms with Crippen LogP contribution in [0.15, 0.2) is 212 Å². The maximum atomic E-state index is 2.46. The standard InChI is InChI=1S/C52H35N/c1-3-14-36(15-4-1)45-31-30-42(35-50(45)38-16-5-2-6-17-38)53(41-29-28-40-27-26-39-19-8-10-22-44(39)51(40)34-41)52-33-32-48(47-23-11-12-24-49(47)52)46-25-13-20-37-18-7-9-21-43(37)46/h1-35H. The van der Waals surface area contributed by atoms with Crippen LogP contribution >= 0.6 is 0 Å². The summed E-state index contributed by atoms with van der Waals surface area (Å²) >= 11 is 0. The molecule has 0 bridgehead atoms. The highest BCUT2D eigenvalue weighted by Gasteiger charge is 2.20. The Bertz CT molecular complexity index is 2940. The number of anilines is 3. The summed E-state index contributed by atoms with van der Waals surface area (Å²) < 4.78 is 0. The number of rotatable bonds is 6. The van der Waals surface area contributed by atoms with Gasteiger partial charge in [0.15, 0.2) is 0 Å². The maximum absolute atomic E-state index is 2.46. The molecule has 1 heteroatoms. The fourth-order valence-corrected chi connectivity index (χ4v) is 8.13. The third-order valence-electron chi connectivity index (χ3n) is 10.6. The van der Waals surface area contributed by atoms with Crippen LogP contribution in [-0.4, -0.2) is 0 Å². The molecule has 0 radical (unpaired) electrons. The molecule has 10 aromatic rings. The molecule has 0 aliphatic carbocycles. The summed E-state index contributed by atoms with van der Waals surface area (Å²) in [7, 11) is 0. The van der Waals surface area contributed by atoms with E-state index in [4.69, 9.17) is 0 Å². The SMILES string of the molecule is c1ccc(-c2ccc(N(c3ccc4ccc5ccccc5c4c3)c3ccc(-c4cccc5ccccc45)c4ccccc34)cc2-c2ccccc2)cc1. The van der Waals surface area contributed by atoms with Gasteiger partial charge < -0.3 is 4.90 Å². The van der Waals surface area contributed by atoms with Crippen molar-refractivity contribution in [3.05, 3.63) is 212 Å². The van der Waals surface area contributed by atoms with E-state index in [1.807, 2.05) is 0 Å². The van der Waals surface area contributed by atoms with Crippen molar-refractivity contribution in [3.8, 4) is 33.4 Å². The van der Waals surface area contributed by atoms with E-state index in [1.54, 1.807) is 0 Å². The molecule has 53 heavy (non-hydrogen) atoms. The van der Waals surface area contributed by atoms with E-state index < -0.39 is 0 Å². The van der Waals surface area contributed by atoms with Crippen molar-refractivity contribution < 1.29 is 0 Å². The van der Waals surface area contributed by atoms with Gasteiger partial charge in [0.2, 0.25) is 0 Å². The zero-order chi connectivity index (χ0) is 35.1. The van der Waals surface area contributed by atoms with Crippen LogP contribution in [0, 0.1) is 0 Å². The molecule has 10 rings (SSSR count). The van der Waals surface area contributed by atoms with Crippen molar-refractivity contribution >= 4 is 60.2 Å². The molecule has 0 unspecified atom stereocenters. The molecular formula is C52H35N. The highest BCUT2D eigenvalue weighted by molar-refractivity contribution is 6.12. The summed E-state index contributed by atoms with van der Waals surface area (Å²) in [5.74, 6) is 0. The Balaban J connectivity index is 1.25. The Hall–Kier alpha value is -6.96. The van der Waals surface area contributed by atoms with Gasteiger partial charge in [0.1, 0.15) is 0 Å². The summed E-state index contributed by atoms with van der Waals surface area (Å²) in [6.45, 7) is 0. The third-order valence-corrected chi connectivity index (χ3v) is 10.6. The molecule has 0 heterocycles. The lowest BCUT2D eigenvalue weighted by Crippen LogP contribution is -2.11. The van der Waals surface area contributed by atoms with E-state index in [1.165, 1.54) is 76.5 Å². The largest absolute Gasteiger partial charge is 0.310 e. The molecule has 0 aliphatic rings. The van der Waals surface area contributed by atoms with Gasteiger partial charge in [-0.15, -0.1) is 0 Å². The van der Waals surface area contributed by atoms with Gasteiger partial charge in [0, 0.05) is 16.8 Å². The molecule has 0 spiro atoms. The van der Waals surface area contributed by atoms with Crippen LogP contribution < -0.4 is 4.90 Å². The van der Waals surface area contributed by atoms with E-state index in [0.29, 0.717) is 0 Å². The van der Waals surface area contributed by atoms with E-state index in [-0.39, 0.29) is 0 Å². The molecule has 0 amide bonds. The van der Waals surface area contributed by atoms with Crippen molar-refractivity contribution in [1.29, 1.82) is 0 Å². The van der Waals surface area contributed by atoms with Crippen molar-refractivity contribution in [2.75, 3.05) is 4.90 Å². The van der Waals surface area contributed by atoms with Gasteiger partial charge in [-0.3, -0.25) is 0 Å². The highest BCUT2D eigenvalue weighted by atomic mass is 15.1. The number of fused-ring (bicyclic) bond motifs is 5. The lowest BCUT2D eigenvalue weighted by molar-refractivity contribution is 1.30. The van der Waals surface area contributed by atoms with Crippen molar-refractivity contribution in [3.63, 3.8) is 0 Å². The number of nitrogens with zero attached hydrogens (tertiary/aromatic N) is 1. The first-order valence-electron chi connectivity index (χ1n) is 18.3. The normalized spacial score (nSPS) is 11.4. The minimum absolute atomic E-state index is 1.10. The van der Waals surface area contributed by atoms with Gasteiger partial charge in [-0.05, 0) is 101 Å². The highest BCUT2D eigenvalue weighted by Crippen LogP contribution is 2.46. The Morgan fingerprint density at radius 1 is 0.245 bits per heavy atom. The second kappa shape index (κ2) is 13.0. The lowest BCUT2D eigenvalue weighted by Gasteiger charge is -2.29. The zero-order valence-corrected chi connectivity index (χ0v) is 29.2. The van der Waals surface area contributed by atoms with Crippen molar-refractivity contribution in [1.82, 2.24) is 0 Å². The minimum Gasteiger partial charge on any atom is -0.310 e. The monoisotopic (exact) mass is 673 g/mol. The van der Waals surface area contributed by atoms with Crippen LogP contribution in [0.25, 0.3) is 76.5 Å². The fourth-order valence-electron chi connectivity index (χ4n) is 8.13. The topological polar surface area (TPSA) is 3.24 Å². The average molecular weight is 674 g/mol. The molecule has 0 aromatic heterocycles. The van der Waals surface area contributed by atoms with Gasteiger partial charge in [-0.2, -0.15) is 0 Å². The first-order valence-corrected chi connectivity index (χ1v) is 18.3. The second-order valence-corrected chi connectivity index (χ2v) is 13.7. The zero-order valence-electron chi connectivity index (χ0n) is 29.2. The maximum Gasteiger partial charge on any atom is 0.0540 e. The van der Waals surface area contributed by atoms with E-state index >= 15 is 0 Å². The molecule has 10 aromatic carbocycles. The second-order valence-electron chi connectivity index (χ2n) is 13.7. The summed E-state index contributed by atoms with van der Waals surface area (Å²) in [4.78, 5) is 2.46. The first kappa shape index (κ1) is 30.8. The quantitative estimate of drug-likeness (QED) is 0.159. The average Bonchev–Trinajstić information content (AvgIpc) is 3.24. The summed E-state index contributed by atoms with van der Waals surface area (Å²) in [6, 6.07) is 77.4. The fraction of sp³-hybridized carbons (Fsp3) is 0. The molecule has 0 saturated carbocycles. The summed E-state index contributed by atoms with van der Waals surface area (Å²) in [6.07, 6.45) is 0. The smallest absolute Gasteiger partial charge is 0.0540 e. The lowest BCUT2D eigenvalue weighted by atomic mass is 9.92. The Kier molecular flexibility index (Phi) is 7.55. The van der Waals surface area contributed by atoms with E-state index in [0.717, 1.165) is 17.1 Å². The van der Waals surface area contributed by atoms with Crippen LogP contribution in [0.3, 0.4) is 0 Å². The van der Waals surface area contributed by atoms with Crippen molar-refractivity contribution in [2.45, 2.75) is 0 Å². The molecular weight excluding hydrogens is 639 g/mol. The van der Waals surface area contributed by atoms with E-state index in [9.17, 15) is 0 Å². The van der Waals surface area contributed by atoms with Gasteiger partial charge in [0.25, 0.3) is 0 Å². The molecule has 1 nitrogen and oxygen atoms in total. The van der Waals surface area contributed by atoms with Crippen LogP contribution in [0.1, 0.15) is 0 Å².